The third kappa shape index (κ3) is 2.01. The Morgan fingerprint density at radius 2 is 2.07 bits per heavy atom. The van der Waals surface area contributed by atoms with Crippen LogP contribution in [0.3, 0.4) is 0 Å². The zero-order chi connectivity index (χ0) is 10.9. The van der Waals surface area contributed by atoms with Gasteiger partial charge in [0.2, 0.25) is 0 Å². The molecular weight excluding hydrogens is 214 g/mol. The second-order valence-corrected chi connectivity index (χ2v) is 3.26. The average molecular weight is 221 g/mol. The molecule has 1 N–H and O–H groups in total. The van der Waals surface area contributed by atoms with Gasteiger partial charge in [-0.15, -0.1) is 0 Å². The van der Waals surface area contributed by atoms with Crippen molar-refractivity contribution in [1.82, 2.24) is 0 Å². The van der Waals surface area contributed by atoms with E-state index in [4.69, 9.17) is 16.7 Å². The fraction of sp³-hybridized carbons (Fsp3) is 0.222. The Kier molecular flexibility index (Phi) is 3.06. The molecule has 0 heterocycles. The Bertz CT molecular complexity index is 379. The van der Waals surface area contributed by atoms with Gasteiger partial charge in [-0.2, -0.15) is 0 Å². The van der Waals surface area contributed by atoms with Crippen LogP contribution in [0.25, 0.3) is 0 Å². The second-order valence-electron chi connectivity index (χ2n) is 2.85. The number of carboxylic acid groups (broad SMARTS) is 1. The molecule has 0 amide bonds. The van der Waals surface area contributed by atoms with Crippen molar-refractivity contribution in [3.05, 3.63) is 34.4 Å². The Labute approximate surface area is 84.1 Å². The van der Waals surface area contributed by atoms with E-state index in [9.17, 15) is 13.6 Å². The summed E-state index contributed by atoms with van der Waals surface area (Å²) in [4.78, 5) is 10.5. The molecule has 0 fully saturated rings. The van der Waals surface area contributed by atoms with Gasteiger partial charge in [-0.25, -0.2) is 8.78 Å². The van der Waals surface area contributed by atoms with Crippen molar-refractivity contribution in [3.8, 4) is 0 Å². The van der Waals surface area contributed by atoms with Crippen LogP contribution >= 0.6 is 11.6 Å². The predicted octanol–water partition coefficient (Wildman–Crippen LogP) is 2.81. The number of hydrogen-bond acceptors (Lipinski definition) is 1. The highest BCUT2D eigenvalue weighted by molar-refractivity contribution is 6.30. The number of carbonyl (C=O) groups is 1. The highest BCUT2D eigenvalue weighted by Gasteiger charge is 2.20. The van der Waals surface area contributed by atoms with Crippen molar-refractivity contribution in [2.45, 2.75) is 12.8 Å². The van der Waals surface area contributed by atoms with Crippen molar-refractivity contribution in [3.63, 3.8) is 0 Å². The fourth-order valence-corrected chi connectivity index (χ4v) is 1.24. The van der Waals surface area contributed by atoms with Crippen LogP contribution in [0, 0.1) is 11.6 Å². The van der Waals surface area contributed by atoms with Crippen molar-refractivity contribution >= 4 is 17.6 Å². The normalized spacial score (nSPS) is 12.6. The first kappa shape index (κ1) is 10.9. The number of benzene rings is 1. The minimum atomic E-state index is -1.23. The molecule has 2 nitrogen and oxygen atoms in total. The molecule has 1 aromatic carbocycles. The Morgan fingerprint density at radius 1 is 1.50 bits per heavy atom. The summed E-state index contributed by atoms with van der Waals surface area (Å²) in [5.74, 6) is -3.99. The van der Waals surface area contributed by atoms with Gasteiger partial charge in [0.05, 0.1) is 10.9 Å². The molecule has 0 aliphatic rings. The molecule has 0 spiro atoms. The predicted molar refractivity (Wildman–Crippen MR) is 47.4 cm³/mol. The van der Waals surface area contributed by atoms with Crippen LogP contribution in [0.1, 0.15) is 18.4 Å². The quantitative estimate of drug-likeness (QED) is 0.779. The molecule has 14 heavy (non-hydrogen) atoms. The van der Waals surface area contributed by atoms with Gasteiger partial charge >= 0.3 is 5.97 Å². The van der Waals surface area contributed by atoms with Gasteiger partial charge in [-0.1, -0.05) is 11.6 Å². The van der Waals surface area contributed by atoms with Gasteiger partial charge in [0.25, 0.3) is 0 Å². The van der Waals surface area contributed by atoms with Gasteiger partial charge in [-0.3, -0.25) is 4.79 Å². The molecule has 0 radical (unpaired) electrons. The van der Waals surface area contributed by atoms with Crippen LogP contribution < -0.4 is 0 Å². The molecule has 0 saturated heterocycles. The van der Waals surface area contributed by atoms with E-state index in [2.05, 4.69) is 0 Å². The van der Waals surface area contributed by atoms with Gasteiger partial charge in [0.1, 0.15) is 11.6 Å². The van der Waals surface area contributed by atoms with Crippen molar-refractivity contribution in [1.29, 1.82) is 0 Å². The fourth-order valence-electron chi connectivity index (χ4n) is 1.02. The second kappa shape index (κ2) is 3.92. The summed E-state index contributed by atoms with van der Waals surface area (Å²) in [6.45, 7) is 1.26. The topological polar surface area (TPSA) is 37.3 Å². The van der Waals surface area contributed by atoms with E-state index in [1.807, 2.05) is 0 Å². The SMILES string of the molecule is CC(C(=O)O)c1cc(F)cc(Cl)c1F. The van der Waals surface area contributed by atoms with Crippen LogP contribution in [0.5, 0.6) is 0 Å². The zero-order valence-electron chi connectivity index (χ0n) is 7.22. The molecular formula is C9H7ClF2O2. The number of aliphatic carboxylic acids is 1. The summed E-state index contributed by atoms with van der Waals surface area (Å²) < 4.78 is 26.0. The number of hydrogen-bond donors (Lipinski definition) is 1. The Hall–Kier alpha value is -1.16. The molecule has 0 aliphatic carbocycles. The van der Waals surface area contributed by atoms with Crippen molar-refractivity contribution < 1.29 is 18.7 Å². The summed E-state index contributed by atoms with van der Waals surface area (Å²) in [6.07, 6.45) is 0. The smallest absolute Gasteiger partial charge is 0.310 e. The number of carboxylic acids is 1. The molecule has 1 rings (SSSR count). The lowest BCUT2D eigenvalue weighted by Gasteiger charge is -2.08. The van der Waals surface area contributed by atoms with Gasteiger partial charge < -0.3 is 5.11 Å². The molecule has 1 unspecified atom stereocenters. The lowest BCUT2D eigenvalue weighted by Crippen LogP contribution is -2.10. The van der Waals surface area contributed by atoms with E-state index >= 15 is 0 Å². The maximum atomic E-state index is 13.2. The molecule has 1 atom stereocenters. The minimum absolute atomic E-state index is 0.248. The molecule has 76 valence electrons. The summed E-state index contributed by atoms with van der Waals surface area (Å²) in [5, 5.41) is 8.20. The van der Waals surface area contributed by atoms with Crippen LogP contribution in [0.15, 0.2) is 12.1 Å². The standard InChI is InChI=1S/C9H7ClF2O2/c1-4(9(13)14)6-2-5(11)3-7(10)8(6)12/h2-4H,1H3,(H,13,14). The van der Waals surface area contributed by atoms with Crippen LogP contribution in [-0.2, 0) is 4.79 Å². The first-order chi connectivity index (χ1) is 6.43. The maximum absolute atomic E-state index is 13.2. The first-order valence-corrected chi connectivity index (χ1v) is 4.18. The van der Waals surface area contributed by atoms with Crippen LogP contribution in [0.2, 0.25) is 5.02 Å². The summed E-state index contributed by atoms with van der Waals surface area (Å²) in [6, 6.07) is 1.63. The highest BCUT2D eigenvalue weighted by Crippen LogP contribution is 2.26. The molecule has 1 aromatic rings. The van der Waals surface area contributed by atoms with Crippen LogP contribution in [0.4, 0.5) is 8.78 Å². The summed E-state index contributed by atoms with van der Waals surface area (Å²) >= 11 is 5.36. The van der Waals surface area contributed by atoms with E-state index in [-0.39, 0.29) is 5.56 Å². The van der Waals surface area contributed by atoms with Gasteiger partial charge in [0, 0.05) is 5.56 Å². The van der Waals surface area contributed by atoms with Crippen molar-refractivity contribution in [2.24, 2.45) is 0 Å². The van der Waals surface area contributed by atoms with E-state index in [0.29, 0.717) is 0 Å². The third-order valence-corrected chi connectivity index (χ3v) is 2.13. The first-order valence-electron chi connectivity index (χ1n) is 3.80. The average Bonchev–Trinajstić information content (AvgIpc) is 2.09. The zero-order valence-corrected chi connectivity index (χ0v) is 7.98. The molecule has 5 heteroatoms. The Morgan fingerprint density at radius 3 is 2.57 bits per heavy atom. The highest BCUT2D eigenvalue weighted by atomic mass is 35.5. The molecule has 0 aliphatic heterocycles. The van der Waals surface area contributed by atoms with E-state index in [0.717, 1.165) is 12.1 Å². The summed E-state index contributed by atoms with van der Waals surface area (Å²) in [7, 11) is 0. The maximum Gasteiger partial charge on any atom is 0.310 e. The van der Waals surface area contributed by atoms with E-state index in [1.165, 1.54) is 6.92 Å². The van der Waals surface area contributed by atoms with Crippen LogP contribution in [-0.4, -0.2) is 11.1 Å². The Balaban J connectivity index is 3.26. The van der Waals surface area contributed by atoms with E-state index in [1.54, 1.807) is 0 Å². The summed E-state index contributed by atoms with van der Waals surface area (Å²) in [5.41, 5.74) is -0.248. The lowest BCUT2D eigenvalue weighted by molar-refractivity contribution is -0.138. The number of rotatable bonds is 2. The van der Waals surface area contributed by atoms with E-state index < -0.39 is 28.5 Å². The van der Waals surface area contributed by atoms with Gasteiger partial charge in [0.15, 0.2) is 0 Å². The molecule has 0 aromatic heterocycles. The monoisotopic (exact) mass is 220 g/mol. The molecule has 0 bridgehead atoms. The van der Waals surface area contributed by atoms with Gasteiger partial charge in [-0.05, 0) is 19.1 Å². The number of halogens is 3. The minimum Gasteiger partial charge on any atom is -0.481 e. The largest absolute Gasteiger partial charge is 0.481 e. The third-order valence-electron chi connectivity index (χ3n) is 1.86. The van der Waals surface area contributed by atoms with Crippen molar-refractivity contribution in [2.75, 3.05) is 0 Å². The lowest BCUT2D eigenvalue weighted by atomic mass is 10.0. The molecule has 0 saturated carbocycles.